The molecule has 2 unspecified atom stereocenters. The second-order valence-corrected chi connectivity index (χ2v) is 5.73. The minimum absolute atomic E-state index is 0.537. The predicted molar refractivity (Wildman–Crippen MR) is 82.5 cm³/mol. The fraction of sp³-hybridized carbons (Fsp3) is 0.625. The van der Waals surface area contributed by atoms with Crippen molar-refractivity contribution in [3.63, 3.8) is 0 Å². The summed E-state index contributed by atoms with van der Waals surface area (Å²) in [5, 5.41) is 10.1. The van der Waals surface area contributed by atoms with Gasteiger partial charge in [0.15, 0.2) is 0 Å². The van der Waals surface area contributed by atoms with E-state index in [-0.39, 0.29) is 0 Å². The van der Waals surface area contributed by atoms with E-state index in [4.69, 9.17) is 4.74 Å². The summed E-state index contributed by atoms with van der Waals surface area (Å²) in [7, 11) is 5.93. The minimum Gasteiger partial charge on any atom is -0.496 e. The Morgan fingerprint density at radius 1 is 1.50 bits per heavy atom. The Labute approximate surface area is 122 Å². The number of aliphatic hydroxyl groups is 1. The van der Waals surface area contributed by atoms with E-state index in [1.807, 2.05) is 12.1 Å². The van der Waals surface area contributed by atoms with Gasteiger partial charge in [-0.3, -0.25) is 0 Å². The van der Waals surface area contributed by atoms with Crippen LogP contribution in [0.25, 0.3) is 0 Å². The van der Waals surface area contributed by atoms with Crippen LogP contribution in [0.4, 0.5) is 5.69 Å². The van der Waals surface area contributed by atoms with Gasteiger partial charge in [-0.2, -0.15) is 0 Å². The average Bonchev–Trinajstić information content (AvgIpc) is 2.83. The molecule has 1 aromatic carbocycles. The van der Waals surface area contributed by atoms with Gasteiger partial charge in [-0.25, -0.2) is 0 Å². The van der Waals surface area contributed by atoms with E-state index in [1.165, 1.54) is 19.4 Å². The van der Waals surface area contributed by atoms with E-state index in [1.54, 1.807) is 14.0 Å². The van der Waals surface area contributed by atoms with Crippen LogP contribution < -0.4 is 9.64 Å². The van der Waals surface area contributed by atoms with Gasteiger partial charge in [-0.05, 0) is 45.5 Å². The maximum absolute atomic E-state index is 10.1. The van der Waals surface area contributed by atoms with Gasteiger partial charge in [0.05, 0.1) is 13.2 Å². The highest BCUT2D eigenvalue weighted by molar-refractivity contribution is 5.60. The quantitative estimate of drug-likeness (QED) is 0.896. The van der Waals surface area contributed by atoms with Gasteiger partial charge in [0.25, 0.3) is 0 Å². The molecule has 1 saturated heterocycles. The van der Waals surface area contributed by atoms with Crippen LogP contribution >= 0.6 is 0 Å². The summed E-state index contributed by atoms with van der Waals surface area (Å²) in [5.41, 5.74) is 1.93. The van der Waals surface area contributed by atoms with Crippen LogP contribution in [0.15, 0.2) is 18.2 Å². The van der Waals surface area contributed by atoms with Crippen molar-refractivity contribution in [2.24, 2.45) is 0 Å². The highest BCUT2D eigenvalue weighted by atomic mass is 16.5. The van der Waals surface area contributed by atoms with Crippen molar-refractivity contribution in [1.29, 1.82) is 0 Å². The summed E-state index contributed by atoms with van der Waals surface area (Å²) >= 11 is 0. The second-order valence-electron chi connectivity index (χ2n) is 5.73. The maximum Gasteiger partial charge on any atom is 0.126 e. The zero-order chi connectivity index (χ0) is 14.7. The minimum atomic E-state index is -0.537. The number of nitrogens with zero attached hydrogens (tertiary/aromatic N) is 2. The molecule has 2 rings (SSSR count). The summed E-state index contributed by atoms with van der Waals surface area (Å²) in [4.78, 5) is 4.65. The van der Waals surface area contributed by atoms with E-state index in [0.29, 0.717) is 6.04 Å². The standard InChI is InChI=1S/C16H26N2O2/c1-12(19)16-14(8-5-9-15(16)20-4)18(3)11-13-7-6-10-17(13)2/h5,8-9,12-13,19H,6-7,10-11H2,1-4H3. The van der Waals surface area contributed by atoms with Gasteiger partial charge in [0, 0.05) is 30.9 Å². The summed E-state index contributed by atoms with van der Waals surface area (Å²) in [5.74, 6) is 0.754. The zero-order valence-corrected chi connectivity index (χ0v) is 13.0. The molecule has 0 spiro atoms. The third-order valence-corrected chi connectivity index (χ3v) is 4.25. The first-order chi connectivity index (χ1) is 9.54. The fourth-order valence-corrected chi connectivity index (χ4v) is 3.09. The molecule has 1 aliphatic rings. The molecule has 1 aromatic rings. The van der Waals surface area contributed by atoms with E-state index in [0.717, 1.165) is 23.5 Å². The zero-order valence-electron chi connectivity index (χ0n) is 13.0. The molecular formula is C16H26N2O2. The first-order valence-electron chi connectivity index (χ1n) is 7.31. The molecule has 4 heteroatoms. The maximum atomic E-state index is 10.1. The number of aliphatic hydroxyl groups excluding tert-OH is 1. The van der Waals surface area contributed by atoms with Crippen LogP contribution in [0.5, 0.6) is 5.75 Å². The largest absolute Gasteiger partial charge is 0.496 e. The third-order valence-electron chi connectivity index (χ3n) is 4.25. The number of likely N-dealkylation sites (N-methyl/N-ethyl adjacent to an activating group) is 2. The van der Waals surface area contributed by atoms with Crippen molar-refractivity contribution >= 4 is 5.69 Å². The first-order valence-corrected chi connectivity index (χ1v) is 7.31. The smallest absolute Gasteiger partial charge is 0.126 e. The molecule has 1 aliphatic heterocycles. The average molecular weight is 278 g/mol. The third kappa shape index (κ3) is 3.07. The lowest BCUT2D eigenvalue weighted by Crippen LogP contribution is -2.37. The normalized spacial score (nSPS) is 20.9. The van der Waals surface area contributed by atoms with E-state index in [9.17, 15) is 5.11 Å². The van der Waals surface area contributed by atoms with E-state index >= 15 is 0 Å². The molecule has 0 aromatic heterocycles. The lowest BCUT2D eigenvalue weighted by molar-refractivity contribution is 0.194. The number of hydrogen-bond donors (Lipinski definition) is 1. The SMILES string of the molecule is COc1cccc(N(C)CC2CCCN2C)c1C(C)O. The van der Waals surface area contributed by atoms with Crippen molar-refractivity contribution in [2.45, 2.75) is 31.9 Å². The highest BCUT2D eigenvalue weighted by Gasteiger charge is 2.24. The lowest BCUT2D eigenvalue weighted by Gasteiger charge is -2.30. The number of methoxy groups -OCH3 is 1. The van der Waals surface area contributed by atoms with Gasteiger partial charge in [-0.1, -0.05) is 6.07 Å². The van der Waals surface area contributed by atoms with Crippen LogP contribution in [0.3, 0.4) is 0 Å². The molecule has 20 heavy (non-hydrogen) atoms. The number of benzene rings is 1. The van der Waals surface area contributed by atoms with Crippen molar-refractivity contribution in [3.05, 3.63) is 23.8 Å². The van der Waals surface area contributed by atoms with Gasteiger partial charge in [0.1, 0.15) is 5.75 Å². The van der Waals surface area contributed by atoms with Crippen LogP contribution in [0.1, 0.15) is 31.4 Å². The van der Waals surface area contributed by atoms with Crippen LogP contribution in [0, 0.1) is 0 Å². The Hall–Kier alpha value is -1.26. The fourth-order valence-electron chi connectivity index (χ4n) is 3.09. The summed E-state index contributed by atoms with van der Waals surface area (Å²) in [6.07, 6.45) is 1.98. The Bertz CT molecular complexity index is 448. The van der Waals surface area contributed by atoms with Crippen LogP contribution in [-0.4, -0.2) is 50.3 Å². The molecule has 0 radical (unpaired) electrons. The first kappa shape index (κ1) is 15.1. The molecule has 0 saturated carbocycles. The van der Waals surface area contributed by atoms with Gasteiger partial charge < -0.3 is 19.6 Å². The molecule has 0 amide bonds. The van der Waals surface area contributed by atoms with Crippen molar-refractivity contribution in [2.75, 3.05) is 39.2 Å². The number of anilines is 1. The second kappa shape index (κ2) is 6.46. The Morgan fingerprint density at radius 3 is 2.80 bits per heavy atom. The summed E-state index contributed by atoms with van der Waals surface area (Å²) in [6.45, 7) is 3.94. The highest BCUT2D eigenvalue weighted by Crippen LogP contribution is 2.34. The Kier molecular flexibility index (Phi) is 4.89. The topological polar surface area (TPSA) is 35.9 Å². The number of hydrogen-bond acceptors (Lipinski definition) is 4. The predicted octanol–water partition coefficient (Wildman–Crippen LogP) is 2.28. The molecule has 4 nitrogen and oxygen atoms in total. The molecule has 2 atom stereocenters. The Morgan fingerprint density at radius 2 is 2.25 bits per heavy atom. The van der Waals surface area contributed by atoms with E-state index < -0.39 is 6.10 Å². The van der Waals surface area contributed by atoms with Gasteiger partial charge in [0.2, 0.25) is 0 Å². The van der Waals surface area contributed by atoms with Crippen molar-refractivity contribution < 1.29 is 9.84 Å². The molecule has 1 heterocycles. The number of ether oxygens (including phenoxy) is 1. The van der Waals surface area contributed by atoms with Crippen molar-refractivity contribution in [1.82, 2.24) is 4.90 Å². The molecule has 0 bridgehead atoms. The molecule has 1 N–H and O–H groups in total. The molecular weight excluding hydrogens is 252 g/mol. The number of likely N-dealkylation sites (tertiary alicyclic amines) is 1. The van der Waals surface area contributed by atoms with Gasteiger partial charge in [-0.15, -0.1) is 0 Å². The molecule has 1 fully saturated rings. The summed E-state index contributed by atoms with van der Waals surface area (Å²) < 4.78 is 5.39. The Balaban J connectivity index is 2.22. The van der Waals surface area contributed by atoms with Gasteiger partial charge >= 0.3 is 0 Å². The lowest BCUT2D eigenvalue weighted by atomic mass is 10.1. The van der Waals surface area contributed by atoms with E-state index in [2.05, 4.69) is 30.0 Å². The number of rotatable bonds is 5. The summed E-state index contributed by atoms with van der Waals surface area (Å²) in [6, 6.07) is 6.53. The van der Waals surface area contributed by atoms with Crippen molar-refractivity contribution in [3.8, 4) is 5.75 Å². The monoisotopic (exact) mass is 278 g/mol. The van der Waals surface area contributed by atoms with Crippen LogP contribution in [0.2, 0.25) is 0 Å². The molecule has 0 aliphatic carbocycles. The molecule has 112 valence electrons. The van der Waals surface area contributed by atoms with Crippen LogP contribution in [-0.2, 0) is 0 Å².